The first-order valence-electron chi connectivity index (χ1n) is 6.95. The van der Waals surface area contributed by atoms with Gasteiger partial charge in [-0.25, -0.2) is 0 Å². The average Bonchev–Trinajstić information content (AvgIpc) is 2.94. The Hall–Kier alpha value is -2.31. The van der Waals surface area contributed by atoms with Gasteiger partial charge in [0.05, 0.1) is 18.2 Å². The highest BCUT2D eigenvalue weighted by molar-refractivity contribution is 6.31. The van der Waals surface area contributed by atoms with Gasteiger partial charge in [0.1, 0.15) is 11.5 Å². The molecule has 23 heavy (non-hydrogen) atoms. The number of nitrogens with zero attached hydrogens (tertiary/aromatic N) is 2. The molecule has 3 rings (SSSR count). The fourth-order valence-corrected chi connectivity index (χ4v) is 2.73. The molecule has 2 aromatic heterocycles. The molecule has 0 saturated heterocycles. The van der Waals surface area contributed by atoms with Crippen LogP contribution in [0.2, 0.25) is 5.02 Å². The van der Waals surface area contributed by atoms with Crippen LogP contribution in [0.15, 0.2) is 24.4 Å². The number of aromatic amines is 1. The van der Waals surface area contributed by atoms with Crippen LogP contribution in [-0.2, 0) is 4.74 Å². The second kappa shape index (κ2) is 6.44. The molecule has 0 unspecified atom stereocenters. The molecule has 0 amide bonds. The Kier molecular flexibility index (Phi) is 4.36. The normalized spacial score (nSPS) is 11.0. The number of rotatable bonds is 5. The van der Waals surface area contributed by atoms with E-state index in [4.69, 9.17) is 25.8 Å². The smallest absolute Gasteiger partial charge is 0.188 e. The summed E-state index contributed by atoms with van der Waals surface area (Å²) in [5, 5.41) is 9.93. The molecule has 0 aliphatic heterocycles. The molecule has 3 aromatic rings. The lowest BCUT2D eigenvalue weighted by Gasteiger charge is -2.13. The van der Waals surface area contributed by atoms with Crippen molar-refractivity contribution in [2.75, 3.05) is 21.0 Å². The summed E-state index contributed by atoms with van der Waals surface area (Å²) in [6, 6.07) is 5.51. The molecule has 0 aliphatic carbocycles. The summed E-state index contributed by atoms with van der Waals surface area (Å²) >= 11 is 6.13. The number of methoxy groups -OCH3 is 2. The minimum Gasteiger partial charge on any atom is -0.494 e. The molecule has 2 heterocycles. The van der Waals surface area contributed by atoms with Gasteiger partial charge in [-0.15, -0.1) is 10.2 Å². The second-order valence-electron chi connectivity index (χ2n) is 5.00. The molecule has 0 spiro atoms. The molecule has 0 radical (unpaired) electrons. The molecule has 6 nitrogen and oxygen atoms in total. The van der Waals surface area contributed by atoms with Crippen LogP contribution in [0.5, 0.6) is 11.5 Å². The molecule has 120 valence electrons. The predicted molar refractivity (Wildman–Crippen MR) is 88.1 cm³/mol. The van der Waals surface area contributed by atoms with E-state index in [1.54, 1.807) is 26.5 Å². The predicted octanol–water partition coefficient (Wildman–Crippen LogP) is 3.58. The topological polar surface area (TPSA) is 69.3 Å². The van der Waals surface area contributed by atoms with Crippen LogP contribution in [-0.4, -0.2) is 36.2 Å². The summed E-state index contributed by atoms with van der Waals surface area (Å²) in [6.45, 7) is 2.07. The Labute approximate surface area is 138 Å². The zero-order chi connectivity index (χ0) is 16.4. The first kappa shape index (κ1) is 15.6. The zero-order valence-corrected chi connectivity index (χ0v) is 13.8. The zero-order valence-electron chi connectivity index (χ0n) is 13.0. The maximum absolute atomic E-state index is 6.13. The van der Waals surface area contributed by atoms with E-state index < -0.39 is 0 Å². The molecule has 0 bridgehead atoms. The van der Waals surface area contributed by atoms with Gasteiger partial charge in [-0.3, -0.25) is 0 Å². The molecule has 7 heteroatoms. The Bertz CT molecular complexity index is 848. The van der Waals surface area contributed by atoms with E-state index >= 15 is 0 Å². The lowest BCUT2D eigenvalue weighted by atomic mass is 10.0. The number of halogens is 1. The Morgan fingerprint density at radius 1 is 1.13 bits per heavy atom. The van der Waals surface area contributed by atoms with E-state index in [-0.39, 0.29) is 6.79 Å². The SMILES string of the molecule is COCOc1cc(Cl)cc(C)c1-c1cc2c(OC)c[nH]c2nn1. The van der Waals surface area contributed by atoms with Crippen molar-refractivity contribution in [2.24, 2.45) is 0 Å². The Morgan fingerprint density at radius 3 is 2.70 bits per heavy atom. The van der Waals surface area contributed by atoms with Crippen LogP contribution in [0.3, 0.4) is 0 Å². The molecule has 0 aliphatic rings. The second-order valence-corrected chi connectivity index (χ2v) is 5.43. The molecule has 0 saturated carbocycles. The third kappa shape index (κ3) is 2.95. The van der Waals surface area contributed by atoms with Crippen LogP contribution in [0.25, 0.3) is 22.3 Å². The minimum absolute atomic E-state index is 0.121. The Balaban J connectivity index is 2.16. The van der Waals surface area contributed by atoms with E-state index in [0.717, 1.165) is 16.5 Å². The van der Waals surface area contributed by atoms with Crippen LogP contribution in [0, 0.1) is 6.92 Å². The average molecular weight is 334 g/mol. The van der Waals surface area contributed by atoms with Gasteiger partial charge in [0.25, 0.3) is 0 Å². The molecular formula is C16H16ClN3O3. The number of benzene rings is 1. The van der Waals surface area contributed by atoms with Crippen molar-refractivity contribution in [2.45, 2.75) is 6.92 Å². The van der Waals surface area contributed by atoms with E-state index in [1.165, 1.54) is 0 Å². The maximum atomic E-state index is 6.13. The third-order valence-electron chi connectivity index (χ3n) is 3.47. The number of ether oxygens (including phenoxy) is 3. The molecule has 0 fully saturated rings. The summed E-state index contributed by atoms with van der Waals surface area (Å²) in [7, 11) is 3.18. The minimum atomic E-state index is 0.121. The highest BCUT2D eigenvalue weighted by atomic mass is 35.5. The van der Waals surface area contributed by atoms with Gasteiger partial charge in [0.2, 0.25) is 0 Å². The fraction of sp³-hybridized carbons (Fsp3) is 0.250. The summed E-state index contributed by atoms with van der Waals surface area (Å²) in [4.78, 5) is 3.02. The third-order valence-corrected chi connectivity index (χ3v) is 3.69. The Morgan fingerprint density at radius 2 is 1.96 bits per heavy atom. The van der Waals surface area contributed by atoms with Gasteiger partial charge < -0.3 is 19.2 Å². The van der Waals surface area contributed by atoms with Gasteiger partial charge >= 0.3 is 0 Å². The van der Waals surface area contributed by atoms with Crippen molar-refractivity contribution in [3.63, 3.8) is 0 Å². The fourth-order valence-electron chi connectivity index (χ4n) is 2.47. The van der Waals surface area contributed by atoms with E-state index in [9.17, 15) is 0 Å². The summed E-state index contributed by atoms with van der Waals surface area (Å²) in [5.74, 6) is 1.31. The van der Waals surface area contributed by atoms with Crippen LogP contribution < -0.4 is 9.47 Å². The van der Waals surface area contributed by atoms with Crippen LogP contribution in [0.1, 0.15) is 5.56 Å². The van der Waals surface area contributed by atoms with Gasteiger partial charge in [-0.2, -0.15) is 0 Å². The molecular weight excluding hydrogens is 318 g/mol. The van der Waals surface area contributed by atoms with Gasteiger partial charge in [0, 0.05) is 23.9 Å². The monoisotopic (exact) mass is 333 g/mol. The van der Waals surface area contributed by atoms with Crippen LogP contribution in [0.4, 0.5) is 0 Å². The number of aromatic nitrogens is 3. The molecule has 0 atom stereocenters. The van der Waals surface area contributed by atoms with Crippen molar-refractivity contribution in [1.82, 2.24) is 15.2 Å². The van der Waals surface area contributed by atoms with Crippen molar-refractivity contribution < 1.29 is 14.2 Å². The first-order valence-corrected chi connectivity index (χ1v) is 7.33. The standard InChI is InChI=1S/C16H16ClN3O3/c1-9-4-10(17)5-13(23-8-21-2)15(9)12-6-11-14(22-3)7-18-16(11)20-19-12/h4-7H,8H2,1-3H3,(H,18,20). The van der Waals surface area contributed by atoms with E-state index in [1.807, 2.05) is 19.1 Å². The number of hydrogen-bond acceptors (Lipinski definition) is 5. The van der Waals surface area contributed by atoms with Crippen molar-refractivity contribution in [1.29, 1.82) is 0 Å². The van der Waals surface area contributed by atoms with Crippen molar-refractivity contribution in [3.8, 4) is 22.8 Å². The van der Waals surface area contributed by atoms with E-state index in [2.05, 4.69) is 15.2 Å². The summed E-state index contributed by atoms with van der Waals surface area (Å²) in [6.07, 6.45) is 1.75. The van der Waals surface area contributed by atoms with Gasteiger partial charge in [0.15, 0.2) is 12.4 Å². The quantitative estimate of drug-likeness (QED) is 0.723. The lowest BCUT2D eigenvalue weighted by Crippen LogP contribution is -2.02. The molecule has 1 aromatic carbocycles. The number of H-pyrrole nitrogens is 1. The number of hydrogen-bond donors (Lipinski definition) is 1. The lowest BCUT2D eigenvalue weighted by molar-refractivity contribution is 0.0515. The summed E-state index contributed by atoms with van der Waals surface area (Å²) < 4.78 is 16.0. The molecule has 1 N–H and O–H groups in total. The van der Waals surface area contributed by atoms with E-state index in [0.29, 0.717) is 27.9 Å². The van der Waals surface area contributed by atoms with Crippen molar-refractivity contribution >= 4 is 22.6 Å². The highest BCUT2D eigenvalue weighted by Gasteiger charge is 2.16. The van der Waals surface area contributed by atoms with Crippen LogP contribution >= 0.6 is 11.6 Å². The van der Waals surface area contributed by atoms with Gasteiger partial charge in [-0.1, -0.05) is 11.6 Å². The number of nitrogens with one attached hydrogen (secondary N) is 1. The summed E-state index contributed by atoms with van der Waals surface area (Å²) in [5.41, 5.74) is 3.10. The largest absolute Gasteiger partial charge is 0.494 e. The first-order chi connectivity index (χ1) is 11.1. The highest BCUT2D eigenvalue weighted by Crippen LogP contribution is 2.36. The van der Waals surface area contributed by atoms with Gasteiger partial charge in [-0.05, 0) is 30.7 Å². The number of fused-ring (bicyclic) bond motifs is 1. The van der Waals surface area contributed by atoms with Crippen molar-refractivity contribution in [3.05, 3.63) is 35.0 Å². The maximum Gasteiger partial charge on any atom is 0.188 e. The number of aryl methyl sites for hydroxylation is 1.